The first kappa shape index (κ1) is 24.0. The molecule has 0 saturated carbocycles. The predicted octanol–water partition coefficient (Wildman–Crippen LogP) is 5.38. The summed E-state index contributed by atoms with van der Waals surface area (Å²) >= 11 is 0. The van der Waals surface area contributed by atoms with Crippen molar-refractivity contribution in [1.29, 1.82) is 0 Å². The molecule has 0 radical (unpaired) electrons. The van der Waals surface area contributed by atoms with E-state index in [1.165, 1.54) is 27.6 Å². The summed E-state index contributed by atoms with van der Waals surface area (Å²) in [4.78, 5) is 13.1. The lowest BCUT2D eigenvalue weighted by Crippen LogP contribution is -2.35. The van der Waals surface area contributed by atoms with Gasteiger partial charge in [-0.15, -0.1) is 0 Å². The summed E-state index contributed by atoms with van der Waals surface area (Å²) in [7, 11) is -3.85. The number of amides is 1. The lowest BCUT2D eigenvalue weighted by Gasteiger charge is -2.24. The molecule has 3 aromatic carbocycles. The van der Waals surface area contributed by atoms with Gasteiger partial charge in [-0.1, -0.05) is 12.1 Å². The number of aryl methyl sites for hydroxylation is 3. The first-order valence-electron chi connectivity index (χ1n) is 11.3. The topological polar surface area (TPSA) is 66.5 Å². The second-order valence-corrected chi connectivity index (χ2v) is 11.0. The van der Waals surface area contributed by atoms with Gasteiger partial charge in [-0.05, 0) is 111 Å². The number of nitrogens with zero attached hydrogens (tertiary/aromatic N) is 1. The minimum Gasteiger partial charge on any atom is -0.346 e. The van der Waals surface area contributed by atoms with E-state index in [9.17, 15) is 17.6 Å². The molecule has 0 unspecified atom stereocenters. The molecule has 1 N–H and O–H groups in total. The number of sulfonamides is 1. The second-order valence-electron chi connectivity index (χ2n) is 9.14. The molecular weight excluding hydrogens is 451 g/mol. The molecule has 0 spiro atoms. The van der Waals surface area contributed by atoms with E-state index in [1.807, 2.05) is 20.8 Å². The number of anilines is 1. The van der Waals surface area contributed by atoms with Crippen LogP contribution in [0.15, 0.2) is 59.5 Å². The third kappa shape index (κ3) is 4.32. The first-order valence-corrected chi connectivity index (χ1v) is 12.7. The van der Waals surface area contributed by atoms with E-state index in [0.717, 1.165) is 28.8 Å². The van der Waals surface area contributed by atoms with Crippen LogP contribution in [0.25, 0.3) is 0 Å². The van der Waals surface area contributed by atoms with Gasteiger partial charge in [-0.25, -0.2) is 12.8 Å². The fraction of sp³-hybridized carbons (Fsp3) is 0.296. The number of hydrogen-bond acceptors (Lipinski definition) is 3. The van der Waals surface area contributed by atoms with Crippen molar-refractivity contribution in [2.24, 2.45) is 0 Å². The van der Waals surface area contributed by atoms with E-state index in [-0.39, 0.29) is 22.9 Å². The lowest BCUT2D eigenvalue weighted by atomic mass is 9.96. The van der Waals surface area contributed by atoms with E-state index < -0.39 is 15.8 Å². The third-order valence-corrected chi connectivity index (χ3v) is 8.50. The third-order valence-electron chi connectivity index (χ3n) is 6.56. The van der Waals surface area contributed by atoms with Crippen molar-refractivity contribution in [2.45, 2.75) is 58.0 Å². The Labute approximate surface area is 200 Å². The molecule has 34 heavy (non-hydrogen) atoms. The number of hydrogen-bond donors (Lipinski definition) is 1. The summed E-state index contributed by atoms with van der Waals surface area (Å²) < 4.78 is 41.2. The Balaban J connectivity index is 1.58. The molecule has 0 aliphatic carbocycles. The van der Waals surface area contributed by atoms with E-state index in [0.29, 0.717) is 17.7 Å². The molecule has 5 nitrogen and oxygen atoms in total. The smallest absolute Gasteiger partial charge is 0.264 e. The van der Waals surface area contributed by atoms with Crippen molar-refractivity contribution in [1.82, 2.24) is 5.32 Å². The van der Waals surface area contributed by atoms with Crippen molar-refractivity contribution in [3.05, 3.63) is 93.8 Å². The van der Waals surface area contributed by atoms with E-state index in [4.69, 9.17) is 0 Å². The quantitative estimate of drug-likeness (QED) is 0.533. The van der Waals surface area contributed by atoms with E-state index >= 15 is 0 Å². The highest BCUT2D eigenvalue weighted by molar-refractivity contribution is 7.92. The van der Waals surface area contributed by atoms with Gasteiger partial charge in [-0.3, -0.25) is 9.10 Å². The number of benzene rings is 3. The normalized spacial score (nSPS) is 16.3. The van der Waals surface area contributed by atoms with Crippen LogP contribution in [0.3, 0.4) is 0 Å². The average Bonchev–Trinajstić information content (AvgIpc) is 3.12. The second kappa shape index (κ2) is 8.87. The van der Waals surface area contributed by atoms with Gasteiger partial charge in [0.25, 0.3) is 15.9 Å². The highest BCUT2D eigenvalue weighted by Gasteiger charge is 2.36. The molecule has 7 heteroatoms. The molecule has 1 aliphatic rings. The maximum Gasteiger partial charge on any atom is 0.264 e. The van der Waals surface area contributed by atoms with Crippen LogP contribution in [0.4, 0.5) is 10.1 Å². The van der Waals surface area contributed by atoms with Crippen LogP contribution in [-0.2, 0) is 16.4 Å². The van der Waals surface area contributed by atoms with Gasteiger partial charge >= 0.3 is 0 Å². The molecular formula is C27H29FN2O3S. The van der Waals surface area contributed by atoms with Gasteiger partial charge in [-0.2, -0.15) is 0 Å². The molecule has 0 bridgehead atoms. The van der Waals surface area contributed by atoms with Crippen LogP contribution in [0, 0.1) is 26.6 Å². The monoisotopic (exact) mass is 480 g/mol. The number of halogens is 1. The predicted molar refractivity (Wildman–Crippen MR) is 132 cm³/mol. The fourth-order valence-corrected chi connectivity index (χ4v) is 6.33. The summed E-state index contributed by atoms with van der Waals surface area (Å²) in [6.07, 6.45) is 0.489. The number of carbonyl (C=O) groups excluding carboxylic acids is 1. The fourth-order valence-electron chi connectivity index (χ4n) is 4.64. The lowest BCUT2D eigenvalue weighted by molar-refractivity contribution is 0.0939. The van der Waals surface area contributed by atoms with Gasteiger partial charge in [0.1, 0.15) is 5.82 Å². The van der Waals surface area contributed by atoms with Crippen LogP contribution < -0.4 is 9.62 Å². The number of fused-ring (bicyclic) bond motifs is 1. The Kier molecular flexibility index (Phi) is 6.25. The Morgan fingerprint density at radius 3 is 2.32 bits per heavy atom. The van der Waals surface area contributed by atoms with Gasteiger partial charge < -0.3 is 5.32 Å². The van der Waals surface area contributed by atoms with Crippen LogP contribution >= 0.6 is 0 Å². The zero-order valence-corrected chi connectivity index (χ0v) is 20.8. The summed E-state index contributed by atoms with van der Waals surface area (Å²) in [5.41, 5.74) is 6.42. The van der Waals surface area contributed by atoms with Gasteiger partial charge in [0.15, 0.2) is 0 Å². The molecule has 0 fully saturated rings. The minimum absolute atomic E-state index is 0.0352. The average molecular weight is 481 g/mol. The van der Waals surface area contributed by atoms with Crippen molar-refractivity contribution >= 4 is 21.6 Å². The Morgan fingerprint density at radius 2 is 1.65 bits per heavy atom. The zero-order chi connectivity index (χ0) is 24.8. The maximum atomic E-state index is 13.3. The highest BCUT2D eigenvalue weighted by Crippen LogP contribution is 2.37. The van der Waals surface area contributed by atoms with Gasteiger partial charge in [0.05, 0.1) is 16.6 Å². The molecule has 178 valence electrons. The van der Waals surface area contributed by atoms with Gasteiger partial charge in [0, 0.05) is 11.6 Å². The molecule has 4 rings (SSSR count). The Morgan fingerprint density at radius 1 is 1.00 bits per heavy atom. The largest absolute Gasteiger partial charge is 0.346 e. The minimum atomic E-state index is -3.85. The van der Waals surface area contributed by atoms with Crippen LogP contribution in [0.1, 0.15) is 58.1 Å². The summed E-state index contributed by atoms with van der Waals surface area (Å²) in [5.74, 6) is -0.699. The number of nitrogens with one attached hydrogen (secondary N) is 1. The Bertz CT molecular complexity index is 1370. The van der Waals surface area contributed by atoms with Crippen molar-refractivity contribution in [3.8, 4) is 0 Å². The molecule has 0 saturated heterocycles. The molecule has 1 aliphatic heterocycles. The molecule has 2 atom stereocenters. The van der Waals surface area contributed by atoms with Gasteiger partial charge in [0.2, 0.25) is 0 Å². The maximum absolute atomic E-state index is 13.3. The Hall–Kier alpha value is -3.19. The summed E-state index contributed by atoms with van der Waals surface area (Å²) in [5, 5.41) is 3.07. The molecule has 1 heterocycles. The SMILES string of the molecule is Cc1cc(C)c([C@@H](C)NC(=O)c2ccc3c(c2)C[C@@H](C)N3S(=O)(=O)c2ccc(F)cc2)cc1C. The molecule has 3 aromatic rings. The highest BCUT2D eigenvalue weighted by atomic mass is 32.2. The summed E-state index contributed by atoms with van der Waals surface area (Å²) in [6.45, 7) is 9.95. The van der Waals surface area contributed by atoms with Crippen LogP contribution in [-0.4, -0.2) is 20.4 Å². The number of rotatable bonds is 5. The van der Waals surface area contributed by atoms with E-state index in [2.05, 4.69) is 31.3 Å². The first-order chi connectivity index (χ1) is 16.0. The molecule has 1 amide bonds. The number of carbonyl (C=O) groups is 1. The van der Waals surface area contributed by atoms with E-state index in [1.54, 1.807) is 18.2 Å². The van der Waals surface area contributed by atoms with Crippen LogP contribution in [0.5, 0.6) is 0 Å². The van der Waals surface area contributed by atoms with Crippen molar-refractivity contribution in [2.75, 3.05) is 4.31 Å². The van der Waals surface area contributed by atoms with Crippen LogP contribution in [0.2, 0.25) is 0 Å². The van der Waals surface area contributed by atoms with Crippen molar-refractivity contribution in [3.63, 3.8) is 0 Å². The summed E-state index contributed by atoms with van der Waals surface area (Å²) in [6, 6.07) is 13.7. The molecule has 0 aromatic heterocycles. The standard InChI is InChI=1S/C27H29FN2O3S/c1-16-12-18(3)25(13-17(16)2)20(5)29-27(31)21-6-11-26-22(15-21)14-19(4)30(26)34(32,33)24-9-7-23(28)8-10-24/h6-13,15,19-20H,14H2,1-5H3,(H,29,31)/t19-,20-/m1/s1. The zero-order valence-electron chi connectivity index (χ0n) is 20.0. The van der Waals surface area contributed by atoms with Crippen molar-refractivity contribution < 1.29 is 17.6 Å².